The average Bonchev–Trinajstić information content (AvgIpc) is 2.74. The number of carbonyl (C=O) groups excluding carboxylic acids is 1. The summed E-state index contributed by atoms with van der Waals surface area (Å²) in [5.41, 5.74) is 2.20. The fourth-order valence-electron chi connectivity index (χ4n) is 4.49. The van der Waals surface area contributed by atoms with E-state index in [1.165, 1.54) is 12.1 Å². The topological polar surface area (TPSA) is 49.8 Å². The number of esters is 1. The van der Waals surface area contributed by atoms with Crippen LogP contribution in [0.2, 0.25) is 18.2 Å². The number of hydrogen-bond donors (Lipinski definition) is 1. The predicted octanol–water partition coefficient (Wildman–Crippen LogP) is 5.14. The van der Waals surface area contributed by atoms with Crippen molar-refractivity contribution in [3.8, 4) is 11.1 Å². The molecular weight excluding hydrogens is 447 g/mol. The van der Waals surface area contributed by atoms with E-state index in [9.17, 15) is 18.6 Å². The van der Waals surface area contributed by atoms with Crippen LogP contribution < -0.4 is 0 Å². The van der Waals surface area contributed by atoms with Gasteiger partial charge >= 0.3 is 5.97 Å². The van der Waals surface area contributed by atoms with Gasteiger partial charge in [0.25, 0.3) is 6.92 Å². The highest BCUT2D eigenvalue weighted by molar-refractivity contribution is 6.48. The van der Waals surface area contributed by atoms with Gasteiger partial charge in [-0.25, -0.2) is 8.78 Å². The quantitative estimate of drug-likeness (QED) is 0.359. The summed E-state index contributed by atoms with van der Waals surface area (Å²) in [5, 5.41) is 10.5. The molecule has 1 heterocycles. The van der Waals surface area contributed by atoms with Crippen molar-refractivity contribution < 1.29 is 23.3 Å². The summed E-state index contributed by atoms with van der Waals surface area (Å²) in [6.45, 7) is 4.44. The van der Waals surface area contributed by atoms with E-state index >= 15 is 0 Å². The van der Waals surface area contributed by atoms with Crippen LogP contribution in [0.4, 0.5) is 8.78 Å². The number of ether oxygens (including phenoxy) is 1. The fraction of sp³-hybridized carbons (Fsp3) is 0.480. The van der Waals surface area contributed by atoms with E-state index < -0.39 is 13.1 Å². The zero-order valence-electron chi connectivity index (χ0n) is 19.1. The molecular formula is C25H31BClF2NO3. The van der Waals surface area contributed by atoms with Gasteiger partial charge in [0.05, 0.1) is 12.5 Å². The molecule has 1 saturated heterocycles. The first-order valence-corrected chi connectivity index (χ1v) is 11.9. The van der Waals surface area contributed by atoms with Crippen LogP contribution in [0.5, 0.6) is 0 Å². The van der Waals surface area contributed by atoms with Gasteiger partial charge in [0, 0.05) is 30.2 Å². The van der Waals surface area contributed by atoms with Gasteiger partial charge in [0.1, 0.15) is 12.0 Å². The first-order chi connectivity index (χ1) is 15.7. The molecule has 0 aliphatic carbocycles. The number of halogens is 3. The Labute approximate surface area is 200 Å². The Morgan fingerprint density at radius 1 is 1.27 bits per heavy atom. The standard InChI is InChI=1S/C25H31BClF2NO3/c1-3-33-25(31)20(14-30-15-22(28)16-30)11-18(13-26(2)32)10-17-4-6-19(7-5-17)23-12-21(27)8-9-24(23)29/h4-9,12,18,20,22,32H,3,10-11,13-16H2,1-2H3/t18-,20+/m1/s1. The minimum absolute atomic E-state index is 0.0376. The molecule has 0 spiro atoms. The molecule has 0 unspecified atom stereocenters. The molecule has 1 aliphatic heterocycles. The van der Waals surface area contributed by atoms with E-state index in [1.807, 2.05) is 29.2 Å². The van der Waals surface area contributed by atoms with E-state index in [1.54, 1.807) is 19.8 Å². The molecule has 2 aromatic carbocycles. The van der Waals surface area contributed by atoms with E-state index in [0.29, 0.717) is 56.0 Å². The Kier molecular flexibility index (Phi) is 9.30. The van der Waals surface area contributed by atoms with Crippen LogP contribution in [0.25, 0.3) is 11.1 Å². The SMILES string of the molecule is CCOC(=O)[C@@H](C[C@H](CB(C)O)Cc1ccc(-c2cc(Cl)ccc2F)cc1)CN1CC(F)C1. The molecule has 33 heavy (non-hydrogen) atoms. The number of rotatable bonds is 11. The van der Waals surface area contributed by atoms with Crippen LogP contribution in [0.15, 0.2) is 42.5 Å². The van der Waals surface area contributed by atoms with Crippen molar-refractivity contribution in [3.63, 3.8) is 0 Å². The second-order valence-corrected chi connectivity index (χ2v) is 9.41. The third-order valence-electron chi connectivity index (χ3n) is 6.02. The van der Waals surface area contributed by atoms with Crippen molar-refractivity contribution in [2.75, 3.05) is 26.2 Å². The second kappa shape index (κ2) is 12.0. The molecule has 4 nitrogen and oxygen atoms in total. The Morgan fingerprint density at radius 2 is 1.97 bits per heavy atom. The molecule has 0 saturated carbocycles. The molecule has 3 rings (SSSR count). The van der Waals surface area contributed by atoms with Gasteiger partial charge in [-0.05, 0) is 61.3 Å². The third-order valence-corrected chi connectivity index (χ3v) is 6.26. The maximum absolute atomic E-state index is 14.2. The molecule has 1 N–H and O–H groups in total. The third kappa shape index (κ3) is 7.52. The number of alkyl halides is 1. The monoisotopic (exact) mass is 477 g/mol. The first-order valence-electron chi connectivity index (χ1n) is 11.5. The summed E-state index contributed by atoms with van der Waals surface area (Å²) >= 11 is 6.02. The van der Waals surface area contributed by atoms with Gasteiger partial charge in [-0.1, -0.05) is 42.7 Å². The van der Waals surface area contributed by atoms with E-state index in [-0.39, 0.29) is 23.6 Å². The molecule has 1 aliphatic rings. The minimum atomic E-state index is -0.830. The van der Waals surface area contributed by atoms with E-state index in [0.717, 1.165) is 11.1 Å². The summed E-state index contributed by atoms with van der Waals surface area (Å²) in [7, 11) is 0. The van der Waals surface area contributed by atoms with Crippen LogP contribution in [0.3, 0.4) is 0 Å². The summed E-state index contributed by atoms with van der Waals surface area (Å²) in [6.07, 6.45) is 0.905. The van der Waals surface area contributed by atoms with Gasteiger partial charge in [0.2, 0.25) is 0 Å². The molecule has 8 heteroatoms. The van der Waals surface area contributed by atoms with E-state index in [4.69, 9.17) is 16.3 Å². The molecule has 0 radical (unpaired) electrons. The van der Waals surface area contributed by atoms with Gasteiger partial charge in [-0.2, -0.15) is 0 Å². The van der Waals surface area contributed by atoms with Crippen molar-refractivity contribution in [2.24, 2.45) is 11.8 Å². The van der Waals surface area contributed by atoms with E-state index in [2.05, 4.69) is 0 Å². The molecule has 2 aromatic rings. The van der Waals surface area contributed by atoms with Crippen LogP contribution >= 0.6 is 11.6 Å². The normalized spacial score (nSPS) is 16.2. The summed E-state index contributed by atoms with van der Waals surface area (Å²) < 4.78 is 32.7. The lowest BCUT2D eigenvalue weighted by molar-refractivity contribution is -0.150. The van der Waals surface area contributed by atoms with Crippen LogP contribution in [0, 0.1) is 17.7 Å². The summed E-state index contributed by atoms with van der Waals surface area (Å²) in [5.74, 6) is -0.947. The van der Waals surface area contributed by atoms with Gasteiger partial charge < -0.3 is 9.76 Å². The maximum Gasteiger partial charge on any atom is 0.310 e. The van der Waals surface area contributed by atoms with Crippen molar-refractivity contribution in [2.45, 2.75) is 39.1 Å². The smallest absolute Gasteiger partial charge is 0.310 e. The number of nitrogens with zero attached hydrogens (tertiary/aromatic N) is 1. The Balaban J connectivity index is 1.72. The van der Waals surface area contributed by atoms with Gasteiger partial charge in [0.15, 0.2) is 0 Å². The number of likely N-dealkylation sites (tertiary alicyclic amines) is 1. The zero-order valence-corrected chi connectivity index (χ0v) is 19.9. The average molecular weight is 478 g/mol. The van der Waals surface area contributed by atoms with Gasteiger partial charge in [-0.3, -0.25) is 9.69 Å². The molecule has 2 atom stereocenters. The van der Waals surface area contributed by atoms with Crippen LogP contribution in [0.1, 0.15) is 18.9 Å². The first kappa shape index (κ1) is 25.7. The fourth-order valence-corrected chi connectivity index (χ4v) is 4.67. The largest absolute Gasteiger partial charge is 0.466 e. The number of carbonyl (C=O) groups is 1. The highest BCUT2D eigenvalue weighted by Crippen LogP contribution is 2.29. The van der Waals surface area contributed by atoms with Crippen molar-refractivity contribution in [1.82, 2.24) is 4.90 Å². The summed E-state index contributed by atoms with van der Waals surface area (Å²) in [4.78, 5) is 14.5. The molecule has 0 aromatic heterocycles. The molecule has 1 fully saturated rings. The molecule has 178 valence electrons. The van der Waals surface area contributed by atoms with Crippen molar-refractivity contribution in [3.05, 3.63) is 58.9 Å². The highest BCUT2D eigenvalue weighted by Gasteiger charge is 2.33. The number of hydrogen-bond acceptors (Lipinski definition) is 4. The number of benzene rings is 2. The maximum atomic E-state index is 14.2. The second-order valence-electron chi connectivity index (χ2n) is 8.98. The van der Waals surface area contributed by atoms with Crippen molar-refractivity contribution in [1.29, 1.82) is 0 Å². The van der Waals surface area contributed by atoms with Crippen LogP contribution in [-0.4, -0.2) is 55.2 Å². The highest BCUT2D eigenvalue weighted by atomic mass is 35.5. The van der Waals surface area contributed by atoms with Crippen molar-refractivity contribution >= 4 is 24.5 Å². The van der Waals surface area contributed by atoms with Gasteiger partial charge in [-0.15, -0.1) is 0 Å². The summed E-state index contributed by atoms with van der Waals surface area (Å²) in [6, 6.07) is 12.1. The minimum Gasteiger partial charge on any atom is -0.466 e. The Bertz CT molecular complexity index is 922. The molecule has 0 amide bonds. The lowest BCUT2D eigenvalue weighted by atomic mass is 9.62. The van der Waals surface area contributed by atoms with Crippen LogP contribution in [-0.2, 0) is 16.0 Å². The Morgan fingerprint density at radius 3 is 2.58 bits per heavy atom. The lowest BCUT2D eigenvalue weighted by Crippen LogP contribution is -2.51. The molecule has 0 bridgehead atoms. The Hall–Kier alpha value is -1.96. The zero-order chi connectivity index (χ0) is 24.0. The predicted molar refractivity (Wildman–Crippen MR) is 129 cm³/mol. The lowest BCUT2D eigenvalue weighted by Gasteiger charge is -2.37.